The van der Waals surface area contributed by atoms with Crippen molar-refractivity contribution in [1.29, 1.82) is 5.26 Å². The molecule has 1 rings (SSSR count). The van der Waals surface area contributed by atoms with E-state index in [1.165, 1.54) is 6.26 Å². The molecule has 10 heavy (non-hydrogen) atoms. The van der Waals surface area contributed by atoms with Crippen LogP contribution in [0, 0.1) is 11.3 Å². The van der Waals surface area contributed by atoms with Gasteiger partial charge in [-0.3, -0.25) is 0 Å². The molecule has 1 aliphatic heterocycles. The van der Waals surface area contributed by atoms with Gasteiger partial charge in [0.15, 0.2) is 5.76 Å². The molecule has 0 saturated carbocycles. The monoisotopic (exact) mass is 157 g/mol. The third-order valence-corrected chi connectivity index (χ3v) is 1.33. The predicted molar refractivity (Wildman–Crippen MR) is 35.2 cm³/mol. The summed E-state index contributed by atoms with van der Waals surface area (Å²) in [4.78, 5) is 0. The molecule has 0 atom stereocenters. The molecule has 52 valence electrons. The van der Waals surface area contributed by atoms with Gasteiger partial charge < -0.3 is 9.84 Å². The Bertz CT molecular complexity index is 249. The highest BCUT2D eigenvalue weighted by molar-refractivity contribution is 6.31. The largest absolute Gasteiger partial charge is 0.505 e. The number of ether oxygens (including phenoxy) is 1. The molecule has 0 aromatic rings. The van der Waals surface area contributed by atoms with Crippen molar-refractivity contribution in [2.75, 3.05) is 6.61 Å². The fraction of sp³-hybridized carbons (Fsp3) is 0.167. The topological polar surface area (TPSA) is 53.2 Å². The highest BCUT2D eigenvalue weighted by atomic mass is 35.5. The molecule has 0 aliphatic carbocycles. The Morgan fingerprint density at radius 3 is 3.00 bits per heavy atom. The van der Waals surface area contributed by atoms with Crippen LogP contribution >= 0.6 is 11.6 Å². The van der Waals surface area contributed by atoms with Crippen LogP contribution in [0.4, 0.5) is 0 Å². The van der Waals surface area contributed by atoms with Crippen LogP contribution in [0.2, 0.25) is 0 Å². The molecule has 0 radical (unpaired) electrons. The van der Waals surface area contributed by atoms with E-state index in [0.717, 1.165) is 0 Å². The number of allylic oxidation sites excluding steroid dienone is 1. The molecule has 0 aromatic heterocycles. The lowest BCUT2D eigenvalue weighted by Crippen LogP contribution is -2.02. The van der Waals surface area contributed by atoms with Crippen molar-refractivity contribution in [2.24, 2.45) is 0 Å². The predicted octanol–water partition coefficient (Wildman–Crippen LogP) is 1.43. The number of halogens is 1. The molecule has 1 aliphatic rings. The van der Waals surface area contributed by atoms with E-state index in [-0.39, 0.29) is 23.0 Å². The third kappa shape index (κ3) is 1.07. The van der Waals surface area contributed by atoms with E-state index in [0.29, 0.717) is 0 Å². The fourth-order valence-electron chi connectivity index (χ4n) is 0.552. The smallest absolute Gasteiger partial charge is 0.154 e. The molecule has 0 bridgehead atoms. The normalized spacial score (nSPS) is 17.4. The number of nitrogens with zero attached hydrogens (tertiary/aromatic N) is 1. The Labute approximate surface area is 62.8 Å². The highest BCUT2D eigenvalue weighted by Crippen LogP contribution is 2.20. The summed E-state index contributed by atoms with van der Waals surface area (Å²) in [5.41, 5.74) is 0.160. The number of hydrogen-bond donors (Lipinski definition) is 1. The second kappa shape index (κ2) is 2.63. The molecule has 0 saturated heterocycles. The van der Waals surface area contributed by atoms with E-state index in [4.69, 9.17) is 26.7 Å². The molecular weight excluding hydrogens is 154 g/mol. The molecular formula is C6H4ClNO2. The van der Waals surface area contributed by atoms with Gasteiger partial charge >= 0.3 is 0 Å². The molecule has 4 heteroatoms. The summed E-state index contributed by atoms with van der Waals surface area (Å²) in [5, 5.41) is 17.4. The van der Waals surface area contributed by atoms with Crippen molar-refractivity contribution in [3.05, 3.63) is 22.6 Å². The zero-order valence-electron chi connectivity index (χ0n) is 4.97. The van der Waals surface area contributed by atoms with Gasteiger partial charge in [-0.05, 0) is 0 Å². The van der Waals surface area contributed by atoms with Crippen molar-refractivity contribution in [3.8, 4) is 6.07 Å². The molecule has 1 N–H and O–H groups in total. The summed E-state index contributed by atoms with van der Waals surface area (Å²) in [6, 6.07) is 1.76. The summed E-state index contributed by atoms with van der Waals surface area (Å²) >= 11 is 5.42. The van der Waals surface area contributed by atoms with Crippen LogP contribution in [0.3, 0.4) is 0 Å². The Morgan fingerprint density at radius 1 is 1.80 bits per heavy atom. The van der Waals surface area contributed by atoms with E-state index in [1.807, 2.05) is 0 Å². The lowest BCUT2D eigenvalue weighted by molar-refractivity contribution is 0.261. The Kier molecular flexibility index (Phi) is 1.83. The van der Waals surface area contributed by atoms with Crippen LogP contribution in [-0.2, 0) is 4.74 Å². The summed E-state index contributed by atoms with van der Waals surface area (Å²) in [5.74, 6) is -0.185. The first-order valence-corrected chi connectivity index (χ1v) is 2.93. The van der Waals surface area contributed by atoms with E-state index in [1.54, 1.807) is 6.07 Å². The van der Waals surface area contributed by atoms with Gasteiger partial charge in [-0.15, -0.1) is 0 Å². The standard InChI is InChI=1S/C6H4ClNO2/c7-5-3-10-2-4(1-8)6(5)9/h3,9H,2H2. The molecule has 0 spiro atoms. The van der Waals surface area contributed by atoms with E-state index in [9.17, 15) is 0 Å². The van der Waals surface area contributed by atoms with Crippen molar-refractivity contribution < 1.29 is 9.84 Å². The average Bonchev–Trinajstić information content (AvgIpc) is 1.95. The SMILES string of the molecule is N#CC1=C(O)C(Cl)=COC1. The van der Waals surface area contributed by atoms with E-state index < -0.39 is 0 Å². The lowest BCUT2D eigenvalue weighted by atomic mass is 10.2. The number of aliphatic hydroxyl groups is 1. The minimum atomic E-state index is -0.185. The Hall–Kier alpha value is -1.14. The number of hydrogen-bond acceptors (Lipinski definition) is 3. The summed E-state index contributed by atoms with van der Waals surface area (Å²) in [6.45, 7) is 0.0958. The van der Waals surface area contributed by atoms with E-state index >= 15 is 0 Å². The van der Waals surface area contributed by atoms with Gasteiger partial charge in [0.05, 0.1) is 0 Å². The minimum absolute atomic E-state index is 0.0720. The number of nitriles is 1. The van der Waals surface area contributed by atoms with Crippen molar-refractivity contribution in [2.45, 2.75) is 0 Å². The van der Waals surface area contributed by atoms with Gasteiger partial charge in [0.2, 0.25) is 0 Å². The Morgan fingerprint density at radius 2 is 2.50 bits per heavy atom. The Balaban J connectivity index is 2.99. The first kappa shape index (κ1) is 6.97. The average molecular weight is 158 g/mol. The molecule has 0 aromatic carbocycles. The number of aliphatic hydroxyl groups excluding tert-OH is 1. The summed E-state index contributed by atoms with van der Waals surface area (Å²) in [7, 11) is 0. The summed E-state index contributed by atoms with van der Waals surface area (Å²) < 4.78 is 4.72. The number of rotatable bonds is 0. The maximum absolute atomic E-state index is 9.01. The quantitative estimate of drug-likeness (QED) is 0.579. The van der Waals surface area contributed by atoms with Gasteiger partial charge in [0, 0.05) is 0 Å². The summed E-state index contributed by atoms with van der Waals surface area (Å²) in [6.07, 6.45) is 1.21. The zero-order valence-corrected chi connectivity index (χ0v) is 5.72. The minimum Gasteiger partial charge on any atom is -0.505 e. The van der Waals surface area contributed by atoms with Crippen molar-refractivity contribution in [3.63, 3.8) is 0 Å². The van der Waals surface area contributed by atoms with Crippen LogP contribution < -0.4 is 0 Å². The van der Waals surface area contributed by atoms with Gasteiger partial charge in [-0.1, -0.05) is 11.6 Å². The fourth-order valence-corrected chi connectivity index (χ4v) is 0.729. The molecule has 0 amide bonds. The van der Waals surface area contributed by atoms with Crippen LogP contribution in [0.25, 0.3) is 0 Å². The lowest BCUT2D eigenvalue weighted by Gasteiger charge is -2.08. The van der Waals surface area contributed by atoms with Gasteiger partial charge in [-0.25, -0.2) is 0 Å². The van der Waals surface area contributed by atoms with Gasteiger partial charge in [0.1, 0.15) is 29.5 Å². The molecule has 3 nitrogen and oxygen atoms in total. The first-order valence-electron chi connectivity index (χ1n) is 2.55. The maximum Gasteiger partial charge on any atom is 0.154 e. The van der Waals surface area contributed by atoms with Gasteiger partial charge in [-0.2, -0.15) is 5.26 Å². The van der Waals surface area contributed by atoms with Gasteiger partial charge in [0.25, 0.3) is 0 Å². The van der Waals surface area contributed by atoms with Crippen LogP contribution in [0.1, 0.15) is 0 Å². The van der Waals surface area contributed by atoms with Crippen LogP contribution in [0.5, 0.6) is 0 Å². The van der Waals surface area contributed by atoms with Crippen LogP contribution in [-0.4, -0.2) is 11.7 Å². The highest BCUT2D eigenvalue weighted by Gasteiger charge is 2.13. The maximum atomic E-state index is 9.01. The molecule has 0 unspecified atom stereocenters. The second-order valence-corrected chi connectivity index (χ2v) is 2.12. The third-order valence-electron chi connectivity index (χ3n) is 1.06. The van der Waals surface area contributed by atoms with Crippen molar-refractivity contribution >= 4 is 11.6 Å². The molecule has 0 fully saturated rings. The zero-order chi connectivity index (χ0) is 7.56. The second-order valence-electron chi connectivity index (χ2n) is 1.72. The first-order chi connectivity index (χ1) is 4.75. The van der Waals surface area contributed by atoms with Crippen LogP contribution in [0.15, 0.2) is 22.6 Å². The van der Waals surface area contributed by atoms with E-state index in [2.05, 4.69) is 0 Å². The van der Waals surface area contributed by atoms with Crippen molar-refractivity contribution in [1.82, 2.24) is 0 Å². The molecule has 1 heterocycles.